The molecule has 0 saturated heterocycles. The minimum absolute atomic E-state index is 0.116. The molecule has 0 unspecified atom stereocenters. The van der Waals surface area contributed by atoms with Crippen LogP contribution in [0.1, 0.15) is 5.69 Å². The van der Waals surface area contributed by atoms with Gasteiger partial charge in [0.25, 0.3) is 5.56 Å². The molecule has 1 N–H and O–H groups in total. The Labute approximate surface area is 143 Å². The molecule has 0 aliphatic carbocycles. The van der Waals surface area contributed by atoms with E-state index in [-0.39, 0.29) is 16.7 Å². The maximum Gasteiger partial charge on any atom is 0.433 e. The van der Waals surface area contributed by atoms with Crippen LogP contribution in [0.4, 0.5) is 13.2 Å². The third-order valence-corrected chi connectivity index (χ3v) is 4.02. The number of fused-ring (bicyclic) bond motifs is 3. The number of imidazole rings is 1. The molecule has 0 aliphatic rings. The zero-order valence-electron chi connectivity index (χ0n) is 13.3. The summed E-state index contributed by atoms with van der Waals surface area (Å²) in [6.07, 6.45) is -3.31. The zero-order valence-corrected chi connectivity index (χ0v) is 13.3. The third-order valence-electron chi connectivity index (χ3n) is 4.02. The Morgan fingerprint density at radius 2 is 1.85 bits per heavy atom. The summed E-state index contributed by atoms with van der Waals surface area (Å²) in [6, 6.07) is 8.51. The molecule has 4 aromatic rings. The molecule has 0 fully saturated rings. The van der Waals surface area contributed by atoms with Crippen LogP contribution in [0.3, 0.4) is 0 Å². The van der Waals surface area contributed by atoms with Crippen LogP contribution in [-0.2, 0) is 6.18 Å². The number of nitrogens with one attached hydrogen (secondary N) is 1. The lowest BCUT2D eigenvalue weighted by Gasteiger charge is -2.13. The molecule has 0 aliphatic heterocycles. The molecule has 9 heteroatoms. The first kappa shape index (κ1) is 16.1. The van der Waals surface area contributed by atoms with Crippen LogP contribution in [0.2, 0.25) is 0 Å². The van der Waals surface area contributed by atoms with Crippen LogP contribution >= 0.6 is 0 Å². The van der Waals surface area contributed by atoms with Gasteiger partial charge in [-0.3, -0.25) is 9.36 Å². The quantitative estimate of drug-likeness (QED) is 0.595. The lowest BCUT2D eigenvalue weighted by Crippen LogP contribution is -2.21. The number of hydrogen-bond acceptors (Lipinski definition) is 4. The van der Waals surface area contributed by atoms with E-state index in [2.05, 4.69) is 15.0 Å². The maximum atomic E-state index is 13.1. The summed E-state index contributed by atoms with van der Waals surface area (Å²) >= 11 is 0. The highest BCUT2D eigenvalue weighted by Gasteiger charge is 2.33. The molecule has 0 atom stereocenters. The zero-order chi connectivity index (χ0) is 18.5. The van der Waals surface area contributed by atoms with E-state index in [1.807, 2.05) is 0 Å². The number of rotatable bonds is 2. The van der Waals surface area contributed by atoms with Crippen LogP contribution in [0.25, 0.3) is 27.8 Å². The van der Waals surface area contributed by atoms with Gasteiger partial charge in [0.1, 0.15) is 28.1 Å². The summed E-state index contributed by atoms with van der Waals surface area (Å²) in [5.74, 6) is 0.553. The number of halogens is 3. The molecule has 0 saturated carbocycles. The van der Waals surface area contributed by atoms with Crippen molar-refractivity contribution >= 4 is 22.1 Å². The van der Waals surface area contributed by atoms with Crippen LogP contribution in [0, 0.1) is 0 Å². The number of ether oxygens (including phenoxy) is 1. The standard InChI is InChI=1S/C17H11F3N4O2/c1-26-10-4-2-9(3-5-10)24-15-11(6-7-12(23-15)17(18,19)20)13-14(16(24)25)22-8-21-13/h2-8H,1H3,(H,21,22). The molecule has 26 heavy (non-hydrogen) atoms. The largest absolute Gasteiger partial charge is 0.497 e. The number of alkyl halides is 3. The van der Waals surface area contributed by atoms with Gasteiger partial charge in [-0.2, -0.15) is 13.2 Å². The number of pyridine rings is 2. The first-order valence-corrected chi connectivity index (χ1v) is 7.50. The topological polar surface area (TPSA) is 72.8 Å². The van der Waals surface area contributed by atoms with Gasteiger partial charge >= 0.3 is 6.18 Å². The molecule has 0 radical (unpaired) electrons. The van der Waals surface area contributed by atoms with Gasteiger partial charge in [-0.05, 0) is 36.4 Å². The highest BCUT2D eigenvalue weighted by atomic mass is 19.4. The predicted molar refractivity (Wildman–Crippen MR) is 88.5 cm³/mol. The summed E-state index contributed by atoms with van der Waals surface area (Å²) in [5.41, 5.74) is -0.909. The summed E-state index contributed by atoms with van der Waals surface area (Å²) in [6.45, 7) is 0. The van der Waals surface area contributed by atoms with Gasteiger partial charge in [0.15, 0.2) is 0 Å². The van der Waals surface area contributed by atoms with Crippen molar-refractivity contribution in [1.29, 1.82) is 0 Å². The monoisotopic (exact) mass is 360 g/mol. The van der Waals surface area contributed by atoms with Crippen LogP contribution in [0.5, 0.6) is 5.75 Å². The smallest absolute Gasteiger partial charge is 0.433 e. The van der Waals surface area contributed by atoms with Crippen molar-refractivity contribution in [3.63, 3.8) is 0 Å². The summed E-state index contributed by atoms with van der Waals surface area (Å²) in [7, 11) is 1.49. The van der Waals surface area contributed by atoms with E-state index in [0.29, 0.717) is 16.8 Å². The molecule has 4 rings (SSSR count). The van der Waals surface area contributed by atoms with E-state index in [0.717, 1.165) is 10.6 Å². The Balaban J connectivity index is 2.13. The van der Waals surface area contributed by atoms with Crippen molar-refractivity contribution in [2.45, 2.75) is 6.18 Å². The number of H-pyrrole nitrogens is 1. The van der Waals surface area contributed by atoms with Crippen LogP contribution < -0.4 is 10.3 Å². The number of aromatic amines is 1. The summed E-state index contributed by atoms with van der Waals surface area (Å²) in [4.78, 5) is 23.4. The fraction of sp³-hybridized carbons (Fsp3) is 0.118. The Morgan fingerprint density at radius 3 is 2.50 bits per heavy atom. The first-order valence-electron chi connectivity index (χ1n) is 7.50. The van der Waals surface area contributed by atoms with Gasteiger partial charge in [-0.15, -0.1) is 0 Å². The predicted octanol–water partition coefficient (Wildman–Crippen LogP) is 3.29. The van der Waals surface area contributed by atoms with E-state index in [4.69, 9.17) is 4.74 Å². The van der Waals surface area contributed by atoms with Crippen molar-refractivity contribution in [2.24, 2.45) is 0 Å². The second kappa shape index (κ2) is 5.58. The minimum Gasteiger partial charge on any atom is -0.497 e. The van der Waals surface area contributed by atoms with Crippen molar-refractivity contribution in [3.05, 3.63) is 58.8 Å². The molecule has 1 aromatic carbocycles. The number of methoxy groups -OCH3 is 1. The summed E-state index contributed by atoms with van der Waals surface area (Å²) in [5, 5.41) is 0.338. The molecule has 3 heterocycles. The molecule has 6 nitrogen and oxygen atoms in total. The lowest BCUT2D eigenvalue weighted by atomic mass is 10.2. The number of nitrogens with zero attached hydrogens (tertiary/aromatic N) is 3. The molecule has 0 spiro atoms. The second-order valence-corrected chi connectivity index (χ2v) is 5.53. The normalized spacial score (nSPS) is 12.0. The molecular weight excluding hydrogens is 349 g/mol. The molecule has 0 amide bonds. The molecular formula is C17H11F3N4O2. The lowest BCUT2D eigenvalue weighted by molar-refractivity contribution is -0.141. The fourth-order valence-electron chi connectivity index (χ4n) is 2.80. The molecule has 0 bridgehead atoms. The minimum atomic E-state index is -4.63. The fourth-order valence-corrected chi connectivity index (χ4v) is 2.80. The van der Waals surface area contributed by atoms with Crippen LogP contribution in [0.15, 0.2) is 47.5 Å². The Hall–Kier alpha value is -3.36. The average Bonchev–Trinajstić information content (AvgIpc) is 3.11. The second-order valence-electron chi connectivity index (χ2n) is 5.53. The van der Waals surface area contributed by atoms with E-state index >= 15 is 0 Å². The van der Waals surface area contributed by atoms with Crippen molar-refractivity contribution in [1.82, 2.24) is 19.5 Å². The van der Waals surface area contributed by atoms with Gasteiger partial charge in [-0.25, -0.2) is 9.97 Å². The van der Waals surface area contributed by atoms with E-state index in [9.17, 15) is 18.0 Å². The van der Waals surface area contributed by atoms with Gasteiger partial charge < -0.3 is 9.72 Å². The van der Waals surface area contributed by atoms with E-state index < -0.39 is 17.4 Å². The highest BCUT2D eigenvalue weighted by molar-refractivity contribution is 6.01. The maximum absolute atomic E-state index is 13.1. The average molecular weight is 360 g/mol. The number of hydrogen-bond donors (Lipinski definition) is 1. The Kier molecular flexibility index (Phi) is 3.46. The first-order chi connectivity index (χ1) is 12.4. The van der Waals surface area contributed by atoms with E-state index in [1.54, 1.807) is 24.3 Å². The SMILES string of the molecule is COc1ccc(-n2c(=O)c3[nH]cnc3c3ccc(C(F)(F)F)nc32)cc1. The van der Waals surface area contributed by atoms with Gasteiger partial charge in [-0.1, -0.05) is 0 Å². The van der Waals surface area contributed by atoms with Crippen molar-refractivity contribution in [2.75, 3.05) is 7.11 Å². The number of aromatic nitrogens is 4. The number of benzene rings is 1. The molecule has 132 valence electrons. The van der Waals surface area contributed by atoms with Crippen molar-refractivity contribution < 1.29 is 17.9 Å². The van der Waals surface area contributed by atoms with Gasteiger partial charge in [0.2, 0.25) is 0 Å². The highest BCUT2D eigenvalue weighted by Crippen LogP contribution is 2.30. The van der Waals surface area contributed by atoms with Gasteiger partial charge in [0.05, 0.1) is 19.1 Å². The van der Waals surface area contributed by atoms with Crippen LogP contribution in [-0.4, -0.2) is 26.6 Å². The van der Waals surface area contributed by atoms with Gasteiger partial charge in [0, 0.05) is 5.39 Å². The Morgan fingerprint density at radius 1 is 1.12 bits per heavy atom. The third kappa shape index (κ3) is 2.40. The van der Waals surface area contributed by atoms with E-state index in [1.165, 1.54) is 19.5 Å². The molecule has 3 aromatic heterocycles. The Bertz CT molecular complexity index is 1180. The van der Waals surface area contributed by atoms with Crippen molar-refractivity contribution in [3.8, 4) is 11.4 Å². The summed E-state index contributed by atoms with van der Waals surface area (Å²) < 4.78 is 45.6.